The SMILES string of the molecule is C=CCC(C[Si](OC)(OC)OC)C1CCCCC1. The fourth-order valence-corrected chi connectivity index (χ4v) is 5.23. The maximum Gasteiger partial charge on any atom is 0.500 e. The Hall–Kier alpha value is -0.163. The summed E-state index contributed by atoms with van der Waals surface area (Å²) in [5.41, 5.74) is 0. The van der Waals surface area contributed by atoms with Crippen molar-refractivity contribution in [3.05, 3.63) is 12.7 Å². The zero-order valence-electron chi connectivity index (χ0n) is 12.1. The largest absolute Gasteiger partial charge is 0.500 e. The predicted molar refractivity (Wildman–Crippen MR) is 76.5 cm³/mol. The van der Waals surface area contributed by atoms with Gasteiger partial charge in [0, 0.05) is 27.4 Å². The van der Waals surface area contributed by atoms with E-state index in [1.54, 1.807) is 21.3 Å². The Morgan fingerprint density at radius 3 is 2.11 bits per heavy atom. The first kappa shape index (κ1) is 15.9. The zero-order chi connectivity index (χ0) is 13.4. The molecule has 18 heavy (non-hydrogen) atoms. The van der Waals surface area contributed by atoms with Gasteiger partial charge in [0.25, 0.3) is 0 Å². The van der Waals surface area contributed by atoms with E-state index in [0.717, 1.165) is 18.4 Å². The molecule has 106 valence electrons. The van der Waals surface area contributed by atoms with Crippen molar-refractivity contribution in [3.63, 3.8) is 0 Å². The third kappa shape index (κ3) is 4.19. The lowest BCUT2D eigenvalue weighted by molar-refractivity contribution is 0.110. The standard InChI is InChI=1S/C14H28O3Si/c1-5-9-14(13-10-7-6-8-11-13)12-18(15-2,16-3)17-4/h5,13-14H,1,6-12H2,2-4H3. The molecule has 0 saturated heterocycles. The van der Waals surface area contributed by atoms with Gasteiger partial charge in [0.15, 0.2) is 0 Å². The van der Waals surface area contributed by atoms with E-state index in [1.807, 2.05) is 6.08 Å². The first-order valence-electron chi connectivity index (χ1n) is 6.97. The summed E-state index contributed by atoms with van der Waals surface area (Å²) in [5, 5.41) is 0. The minimum atomic E-state index is -2.45. The van der Waals surface area contributed by atoms with Gasteiger partial charge in [-0.25, -0.2) is 0 Å². The average molecular weight is 272 g/mol. The zero-order valence-corrected chi connectivity index (χ0v) is 13.1. The molecule has 0 heterocycles. The van der Waals surface area contributed by atoms with Gasteiger partial charge in [0.05, 0.1) is 0 Å². The van der Waals surface area contributed by atoms with E-state index in [2.05, 4.69) is 6.58 Å². The summed E-state index contributed by atoms with van der Waals surface area (Å²) in [5.74, 6) is 1.37. The van der Waals surface area contributed by atoms with Gasteiger partial charge >= 0.3 is 8.80 Å². The highest BCUT2D eigenvalue weighted by Crippen LogP contribution is 2.37. The summed E-state index contributed by atoms with van der Waals surface area (Å²) in [6, 6.07) is 0.910. The Kier molecular flexibility index (Phi) is 7.15. The normalized spacial score (nSPS) is 19.7. The molecule has 1 aliphatic carbocycles. The minimum absolute atomic E-state index is 0.592. The van der Waals surface area contributed by atoms with Gasteiger partial charge in [-0.2, -0.15) is 0 Å². The molecule has 0 aliphatic heterocycles. The quantitative estimate of drug-likeness (QED) is 0.499. The van der Waals surface area contributed by atoms with Crippen LogP contribution in [0.4, 0.5) is 0 Å². The number of rotatable bonds is 8. The molecule has 0 aromatic heterocycles. The van der Waals surface area contributed by atoms with Crippen LogP contribution >= 0.6 is 0 Å². The minimum Gasteiger partial charge on any atom is -0.377 e. The van der Waals surface area contributed by atoms with Crippen molar-refractivity contribution in [1.29, 1.82) is 0 Å². The summed E-state index contributed by atoms with van der Waals surface area (Å²) >= 11 is 0. The average Bonchev–Trinajstić information content (AvgIpc) is 2.45. The van der Waals surface area contributed by atoms with Gasteiger partial charge in [-0.1, -0.05) is 38.2 Å². The van der Waals surface area contributed by atoms with E-state index >= 15 is 0 Å². The molecule has 1 unspecified atom stereocenters. The fourth-order valence-electron chi connectivity index (χ4n) is 3.08. The monoisotopic (exact) mass is 272 g/mol. The lowest BCUT2D eigenvalue weighted by Gasteiger charge is -2.34. The summed E-state index contributed by atoms with van der Waals surface area (Å²) in [7, 11) is 2.65. The van der Waals surface area contributed by atoms with E-state index in [0.29, 0.717) is 5.92 Å². The lowest BCUT2D eigenvalue weighted by atomic mass is 9.79. The second kappa shape index (κ2) is 8.10. The summed E-state index contributed by atoms with van der Waals surface area (Å²) < 4.78 is 16.7. The molecule has 1 aliphatic rings. The smallest absolute Gasteiger partial charge is 0.377 e. The Balaban J connectivity index is 2.67. The van der Waals surface area contributed by atoms with Gasteiger partial charge in [-0.3, -0.25) is 0 Å². The van der Waals surface area contributed by atoms with Crippen LogP contribution in [0.25, 0.3) is 0 Å². The molecule has 0 bridgehead atoms. The molecule has 1 fully saturated rings. The van der Waals surface area contributed by atoms with E-state index < -0.39 is 8.80 Å². The van der Waals surface area contributed by atoms with Crippen LogP contribution in [0.3, 0.4) is 0 Å². The van der Waals surface area contributed by atoms with Crippen molar-refractivity contribution in [2.45, 2.75) is 44.6 Å². The maximum atomic E-state index is 5.56. The molecule has 4 heteroatoms. The molecule has 0 aromatic carbocycles. The summed E-state index contributed by atoms with van der Waals surface area (Å²) in [6.45, 7) is 3.90. The molecule has 0 aromatic rings. The first-order valence-corrected chi connectivity index (χ1v) is 8.91. The Bertz CT molecular complexity index is 227. The van der Waals surface area contributed by atoms with Crippen LogP contribution in [0, 0.1) is 11.8 Å². The molecular weight excluding hydrogens is 244 g/mol. The van der Waals surface area contributed by atoms with Crippen LogP contribution in [0.5, 0.6) is 0 Å². The number of hydrogen-bond acceptors (Lipinski definition) is 3. The first-order chi connectivity index (χ1) is 8.71. The Morgan fingerprint density at radius 1 is 1.11 bits per heavy atom. The predicted octanol–water partition coefficient (Wildman–Crippen LogP) is 3.64. The van der Waals surface area contributed by atoms with E-state index in [9.17, 15) is 0 Å². The van der Waals surface area contributed by atoms with E-state index in [-0.39, 0.29) is 0 Å². The molecule has 0 N–H and O–H groups in total. The van der Waals surface area contributed by atoms with Crippen molar-refractivity contribution in [1.82, 2.24) is 0 Å². The van der Waals surface area contributed by atoms with Gasteiger partial charge < -0.3 is 13.3 Å². The van der Waals surface area contributed by atoms with Crippen LogP contribution in [-0.4, -0.2) is 30.1 Å². The third-order valence-corrected chi connectivity index (χ3v) is 7.12. The van der Waals surface area contributed by atoms with Crippen molar-refractivity contribution < 1.29 is 13.3 Å². The molecule has 1 atom stereocenters. The number of allylic oxidation sites excluding steroid dienone is 1. The van der Waals surface area contributed by atoms with Crippen LogP contribution in [-0.2, 0) is 13.3 Å². The molecule has 1 saturated carbocycles. The molecule has 0 amide bonds. The van der Waals surface area contributed by atoms with Crippen LogP contribution in [0.15, 0.2) is 12.7 Å². The molecule has 1 rings (SSSR count). The highest BCUT2D eigenvalue weighted by molar-refractivity contribution is 6.60. The molecule has 0 spiro atoms. The van der Waals surface area contributed by atoms with Gasteiger partial charge in [-0.15, -0.1) is 6.58 Å². The van der Waals surface area contributed by atoms with Crippen LogP contribution < -0.4 is 0 Å². The second-order valence-corrected chi connectivity index (χ2v) is 8.18. The fraction of sp³-hybridized carbons (Fsp3) is 0.857. The maximum absolute atomic E-state index is 5.56. The Labute approximate surface area is 113 Å². The highest BCUT2D eigenvalue weighted by Gasteiger charge is 2.42. The van der Waals surface area contributed by atoms with E-state index in [1.165, 1.54) is 32.1 Å². The van der Waals surface area contributed by atoms with Crippen molar-refractivity contribution >= 4 is 8.80 Å². The molecule has 0 radical (unpaired) electrons. The second-order valence-electron chi connectivity index (χ2n) is 5.18. The highest BCUT2D eigenvalue weighted by atomic mass is 28.4. The topological polar surface area (TPSA) is 27.7 Å². The van der Waals surface area contributed by atoms with Crippen molar-refractivity contribution in [2.24, 2.45) is 11.8 Å². The lowest BCUT2D eigenvalue weighted by Crippen LogP contribution is -2.45. The van der Waals surface area contributed by atoms with Gasteiger partial charge in [-0.05, 0) is 18.3 Å². The molecule has 3 nitrogen and oxygen atoms in total. The summed E-state index contributed by atoms with van der Waals surface area (Å²) in [6.07, 6.45) is 9.84. The summed E-state index contributed by atoms with van der Waals surface area (Å²) in [4.78, 5) is 0. The number of hydrogen-bond donors (Lipinski definition) is 0. The van der Waals surface area contributed by atoms with Gasteiger partial charge in [0.2, 0.25) is 0 Å². The van der Waals surface area contributed by atoms with Crippen molar-refractivity contribution in [3.8, 4) is 0 Å². The Morgan fingerprint density at radius 2 is 1.67 bits per heavy atom. The molecular formula is C14H28O3Si. The van der Waals surface area contributed by atoms with Crippen LogP contribution in [0.1, 0.15) is 38.5 Å². The van der Waals surface area contributed by atoms with Crippen LogP contribution in [0.2, 0.25) is 6.04 Å². The van der Waals surface area contributed by atoms with Crippen molar-refractivity contribution in [2.75, 3.05) is 21.3 Å². The third-order valence-electron chi connectivity index (χ3n) is 4.23. The van der Waals surface area contributed by atoms with E-state index in [4.69, 9.17) is 13.3 Å². The van der Waals surface area contributed by atoms with Gasteiger partial charge in [0.1, 0.15) is 0 Å².